The van der Waals surface area contributed by atoms with E-state index in [9.17, 15) is 4.79 Å². The van der Waals surface area contributed by atoms with E-state index in [4.69, 9.17) is 10.5 Å². The second kappa shape index (κ2) is 8.01. The van der Waals surface area contributed by atoms with E-state index in [1.807, 2.05) is 12.1 Å². The van der Waals surface area contributed by atoms with Crippen molar-refractivity contribution in [3.63, 3.8) is 0 Å². The van der Waals surface area contributed by atoms with E-state index < -0.39 is 0 Å². The van der Waals surface area contributed by atoms with Gasteiger partial charge in [0.25, 0.3) is 0 Å². The molecule has 2 aliphatic heterocycles. The Morgan fingerprint density at radius 2 is 2.04 bits per heavy atom. The topological polar surface area (TPSA) is 91.9 Å². The zero-order valence-corrected chi connectivity index (χ0v) is 14.1. The average Bonchev–Trinajstić information content (AvgIpc) is 3.24. The van der Waals surface area contributed by atoms with E-state index in [-0.39, 0.29) is 36.4 Å². The van der Waals surface area contributed by atoms with Gasteiger partial charge in [0.15, 0.2) is 0 Å². The number of nitrogens with one attached hydrogen (secondary N) is 2. The third-order valence-electron chi connectivity index (χ3n) is 4.50. The van der Waals surface area contributed by atoms with Crippen molar-refractivity contribution in [2.45, 2.75) is 37.4 Å². The van der Waals surface area contributed by atoms with Crippen LogP contribution in [0.15, 0.2) is 24.3 Å². The third kappa shape index (κ3) is 3.79. The Hall–Kier alpha value is -2.28. The molecule has 0 saturated carbocycles. The number of hydrogen-bond acceptors (Lipinski definition) is 5. The summed E-state index contributed by atoms with van der Waals surface area (Å²) in [5, 5.41) is 24.6. The molecule has 0 unspecified atom stereocenters. The van der Waals surface area contributed by atoms with Gasteiger partial charge in [-0.15, -0.1) is 12.4 Å². The monoisotopic (exact) mass is 345 g/mol. The standard InChI is InChI=1S/C17H19N5O.ClH/c18-9-12-3-5-13(6-4-12)21-14-8-16(20-11-14)17(23)22-7-1-2-15(22)10-19;/h3-6,14-16,20-21H,1-2,7-8,11H2;1H/t14-,15-,16-;/m0./s1. The smallest absolute Gasteiger partial charge is 0.240 e. The van der Waals surface area contributed by atoms with Crippen LogP contribution in [0, 0.1) is 22.7 Å². The summed E-state index contributed by atoms with van der Waals surface area (Å²) < 4.78 is 0. The van der Waals surface area contributed by atoms with Gasteiger partial charge < -0.3 is 15.5 Å². The largest absolute Gasteiger partial charge is 0.381 e. The molecule has 3 rings (SSSR count). The van der Waals surface area contributed by atoms with E-state index in [2.05, 4.69) is 22.8 Å². The van der Waals surface area contributed by atoms with Crippen LogP contribution in [-0.2, 0) is 4.79 Å². The molecule has 0 bridgehead atoms. The molecular weight excluding hydrogens is 326 g/mol. The number of benzene rings is 1. The predicted octanol–water partition coefficient (Wildman–Crippen LogP) is 1.64. The normalized spacial score (nSPS) is 25.4. The van der Waals surface area contributed by atoms with E-state index in [0.717, 1.165) is 18.5 Å². The van der Waals surface area contributed by atoms with Crippen LogP contribution in [0.1, 0.15) is 24.8 Å². The van der Waals surface area contributed by atoms with E-state index in [0.29, 0.717) is 25.1 Å². The summed E-state index contributed by atoms with van der Waals surface area (Å²) in [6.45, 7) is 1.39. The molecular formula is C17H20ClN5O. The van der Waals surface area contributed by atoms with Gasteiger partial charge in [0.2, 0.25) is 5.91 Å². The Kier molecular flexibility index (Phi) is 6.03. The highest BCUT2D eigenvalue weighted by molar-refractivity contribution is 5.85. The molecule has 0 aliphatic carbocycles. The molecule has 3 atom stereocenters. The van der Waals surface area contributed by atoms with Crippen LogP contribution in [0.4, 0.5) is 5.69 Å². The summed E-state index contributed by atoms with van der Waals surface area (Å²) in [5.74, 6) is 0.0400. The average molecular weight is 346 g/mol. The van der Waals surface area contributed by atoms with Crippen LogP contribution < -0.4 is 10.6 Å². The van der Waals surface area contributed by atoms with Crippen molar-refractivity contribution in [1.29, 1.82) is 10.5 Å². The highest BCUT2D eigenvalue weighted by Gasteiger charge is 2.36. The Morgan fingerprint density at radius 3 is 2.71 bits per heavy atom. The Bertz CT molecular complexity index is 663. The lowest BCUT2D eigenvalue weighted by Crippen LogP contribution is -2.45. The lowest BCUT2D eigenvalue weighted by Gasteiger charge is -2.23. The van der Waals surface area contributed by atoms with Crippen molar-refractivity contribution in [2.75, 3.05) is 18.4 Å². The summed E-state index contributed by atoms with van der Waals surface area (Å²) in [6.07, 6.45) is 2.39. The number of amides is 1. The minimum Gasteiger partial charge on any atom is -0.381 e. The van der Waals surface area contributed by atoms with Crippen LogP contribution in [0.5, 0.6) is 0 Å². The SMILES string of the molecule is Cl.N#Cc1ccc(N[C@@H]2CN[C@H](C(=O)N3CCC[C@H]3C#N)C2)cc1. The van der Waals surface area contributed by atoms with Gasteiger partial charge in [-0.25, -0.2) is 0 Å². The maximum absolute atomic E-state index is 12.5. The van der Waals surface area contributed by atoms with Crippen molar-refractivity contribution in [3.05, 3.63) is 29.8 Å². The lowest BCUT2D eigenvalue weighted by molar-refractivity contribution is -0.133. The second-order valence-electron chi connectivity index (χ2n) is 6.05. The molecule has 126 valence electrons. The maximum Gasteiger partial charge on any atom is 0.240 e. The van der Waals surface area contributed by atoms with Gasteiger partial charge in [-0.1, -0.05) is 0 Å². The number of rotatable bonds is 3. The van der Waals surface area contributed by atoms with Crippen LogP contribution in [0.25, 0.3) is 0 Å². The molecule has 24 heavy (non-hydrogen) atoms. The quantitative estimate of drug-likeness (QED) is 0.868. The van der Waals surface area contributed by atoms with Gasteiger partial charge in [0, 0.05) is 24.8 Å². The molecule has 1 aromatic rings. The number of nitriles is 2. The van der Waals surface area contributed by atoms with E-state index >= 15 is 0 Å². The summed E-state index contributed by atoms with van der Waals surface area (Å²) in [6, 6.07) is 11.3. The van der Waals surface area contributed by atoms with Gasteiger partial charge in [-0.3, -0.25) is 4.79 Å². The highest BCUT2D eigenvalue weighted by atomic mass is 35.5. The number of halogens is 1. The predicted molar refractivity (Wildman–Crippen MR) is 92.6 cm³/mol. The number of anilines is 1. The molecule has 2 saturated heterocycles. The first-order chi connectivity index (χ1) is 11.2. The zero-order valence-electron chi connectivity index (χ0n) is 13.2. The maximum atomic E-state index is 12.5. The Labute approximate surface area is 147 Å². The fraction of sp³-hybridized carbons (Fsp3) is 0.471. The molecule has 1 aromatic carbocycles. The highest BCUT2D eigenvalue weighted by Crippen LogP contribution is 2.21. The van der Waals surface area contributed by atoms with Gasteiger partial charge in [-0.05, 0) is 43.5 Å². The first kappa shape index (κ1) is 18.1. The fourth-order valence-corrected chi connectivity index (χ4v) is 3.28. The Balaban J connectivity index is 0.00000208. The van der Waals surface area contributed by atoms with Crippen molar-refractivity contribution in [1.82, 2.24) is 10.2 Å². The van der Waals surface area contributed by atoms with Crippen LogP contribution in [-0.4, -0.2) is 42.0 Å². The number of hydrogen-bond donors (Lipinski definition) is 2. The molecule has 2 heterocycles. The number of carbonyl (C=O) groups excluding carboxylic acids is 1. The molecule has 0 radical (unpaired) electrons. The molecule has 2 fully saturated rings. The molecule has 6 nitrogen and oxygen atoms in total. The number of nitrogens with zero attached hydrogens (tertiary/aromatic N) is 3. The molecule has 2 aliphatic rings. The van der Waals surface area contributed by atoms with E-state index in [1.165, 1.54) is 0 Å². The van der Waals surface area contributed by atoms with Gasteiger partial charge in [0.1, 0.15) is 6.04 Å². The van der Waals surface area contributed by atoms with Crippen molar-refractivity contribution in [3.8, 4) is 12.1 Å². The molecule has 1 amide bonds. The number of likely N-dealkylation sites (tertiary alicyclic amines) is 1. The summed E-state index contributed by atoms with van der Waals surface area (Å²) in [7, 11) is 0. The van der Waals surface area contributed by atoms with Crippen molar-refractivity contribution < 1.29 is 4.79 Å². The molecule has 0 spiro atoms. The van der Waals surface area contributed by atoms with Crippen LogP contribution in [0.3, 0.4) is 0 Å². The number of carbonyl (C=O) groups is 1. The minimum atomic E-state index is -0.269. The van der Waals surface area contributed by atoms with Crippen molar-refractivity contribution in [2.24, 2.45) is 0 Å². The zero-order chi connectivity index (χ0) is 16.2. The lowest BCUT2D eigenvalue weighted by atomic mass is 10.1. The second-order valence-corrected chi connectivity index (χ2v) is 6.05. The summed E-state index contributed by atoms with van der Waals surface area (Å²) in [5.41, 5.74) is 1.57. The first-order valence-electron chi connectivity index (χ1n) is 7.91. The first-order valence-corrected chi connectivity index (χ1v) is 7.91. The fourth-order valence-electron chi connectivity index (χ4n) is 3.28. The summed E-state index contributed by atoms with van der Waals surface area (Å²) in [4.78, 5) is 14.3. The Morgan fingerprint density at radius 1 is 1.29 bits per heavy atom. The van der Waals surface area contributed by atoms with Gasteiger partial charge in [0.05, 0.1) is 23.7 Å². The molecule has 0 aromatic heterocycles. The van der Waals surface area contributed by atoms with Crippen molar-refractivity contribution >= 4 is 24.0 Å². The molecule has 7 heteroatoms. The third-order valence-corrected chi connectivity index (χ3v) is 4.50. The van der Waals surface area contributed by atoms with Crippen LogP contribution >= 0.6 is 12.4 Å². The van der Waals surface area contributed by atoms with Crippen LogP contribution in [0.2, 0.25) is 0 Å². The summed E-state index contributed by atoms with van der Waals surface area (Å²) >= 11 is 0. The van der Waals surface area contributed by atoms with E-state index in [1.54, 1.807) is 17.0 Å². The van der Waals surface area contributed by atoms with Gasteiger partial charge >= 0.3 is 0 Å². The van der Waals surface area contributed by atoms with Gasteiger partial charge in [-0.2, -0.15) is 10.5 Å². The minimum absolute atomic E-state index is 0. The molecule has 2 N–H and O–H groups in total.